The van der Waals surface area contributed by atoms with E-state index in [1.165, 1.54) is 37.1 Å². The van der Waals surface area contributed by atoms with E-state index in [1.54, 1.807) is 0 Å². The summed E-state index contributed by atoms with van der Waals surface area (Å²) in [5, 5.41) is 0. The number of hydrogen-bond donors (Lipinski definition) is 0. The number of hydrogen-bond acceptors (Lipinski definition) is 6. The smallest absolute Gasteiger partial charge is 0.00638 e. The number of rotatable bonds is 7. The Morgan fingerprint density at radius 3 is 1.86 bits per heavy atom. The van der Waals surface area contributed by atoms with E-state index in [0.717, 1.165) is 49.5 Å². The molecule has 58 heavy (non-hydrogen) atoms. The molecule has 0 amide bonds. The van der Waals surface area contributed by atoms with E-state index in [4.69, 9.17) is 14.7 Å². The normalized spacial score (nSPS) is 13.2. The number of fused-ring (bicyclic) bond motifs is 3. The van der Waals surface area contributed by atoms with E-state index in [0.29, 0.717) is 6.67 Å². The summed E-state index contributed by atoms with van der Waals surface area (Å²) in [5.74, 6) is 2.41. The zero-order valence-electron chi connectivity index (χ0n) is 32.6. The molecule has 282 valence electrons. The average Bonchev–Trinajstić information content (AvgIpc) is 3.65. The molecule has 0 saturated carbocycles. The Morgan fingerprint density at radius 2 is 1.17 bits per heavy atom. The van der Waals surface area contributed by atoms with Gasteiger partial charge in [-0.2, -0.15) is 0 Å². The van der Waals surface area contributed by atoms with Gasteiger partial charge in [0.2, 0.25) is 0 Å². The molecule has 7 heteroatoms. The van der Waals surface area contributed by atoms with Gasteiger partial charge in [-0.15, -0.1) is 0 Å². The summed E-state index contributed by atoms with van der Waals surface area (Å²) in [4.78, 5) is 16.6. The fourth-order valence-electron chi connectivity index (χ4n) is 7.93. The van der Waals surface area contributed by atoms with Crippen molar-refractivity contribution >= 4 is 68.2 Å². The van der Waals surface area contributed by atoms with E-state index in [1.807, 2.05) is 42.7 Å². The second-order valence-electron chi connectivity index (χ2n) is 15.6. The van der Waals surface area contributed by atoms with Crippen LogP contribution < -0.4 is 26.8 Å². The zero-order chi connectivity index (χ0) is 39.2. The van der Waals surface area contributed by atoms with Gasteiger partial charge < -0.3 is 0 Å². The minimum absolute atomic E-state index is 0.0424. The van der Waals surface area contributed by atoms with E-state index >= 15 is 0 Å². The molecule has 0 atom stereocenters. The van der Waals surface area contributed by atoms with Gasteiger partial charge in [0, 0.05) is 11.1 Å². The number of anilines is 7. The largest absolute Gasteiger partial charge is 0.0622 e. The van der Waals surface area contributed by atoms with Crippen LogP contribution in [0.25, 0.3) is 22.3 Å². The molecule has 6 nitrogen and oxygen atoms in total. The van der Waals surface area contributed by atoms with Gasteiger partial charge in [-0.05, 0) is 34.2 Å². The topological polar surface area (TPSA) is 44.7 Å². The molecule has 0 bridgehead atoms. The number of para-hydroxylation sites is 2. The van der Waals surface area contributed by atoms with Crippen molar-refractivity contribution in [2.45, 2.75) is 26.2 Å². The van der Waals surface area contributed by atoms with Crippen molar-refractivity contribution in [1.29, 1.82) is 0 Å². The van der Waals surface area contributed by atoms with Crippen molar-refractivity contribution in [1.82, 2.24) is 9.97 Å². The van der Waals surface area contributed by atoms with Gasteiger partial charge in [0.15, 0.2) is 0 Å². The van der Waals surface area contributed by atoms with Crippen LogP contribution in [-0.4, -0.2) is 37.6 Å². The van der Waals surface area contributed by atoms with Gasteiger partial charge in [0.05, 0.1) is 0 Å². The zero-order valence-corrected chi connectivity index (χ0v) is 34.9. The second kappa shape index (κ2) is 14.8. The Hall–Kier alpha value is -6.39. The first kappa shape index (κ1) is 36.0. The van der Waals surface area contributed by atoms with Crippen LogP contribution in [0.5, 0.6) is 11.5 Å². The Labute approximate surface area is 350 Å². The first-order valence-electron chi connectivity index (χ1n) is 19.6. The number of benzene rings is 6. The molecule has 4 heterocycles. The van der Waals surface area contributed by atoms with Crippen molar-refractivity contribution < 1.29 is 4.74 Å². The number of pyridine rings is 2. The molecule has 10 rings (SSSR count). The standard InChI is InChI=1S/C51H41N5OTe/c1-51(2,3)37-30-41(35-16-6-4-7-17-35)49(42(31-37)36-18-8-5-9-19-36)55-34-54(43-22-10-11-23-44(43)55)38-20-14-21-39(32-38)57-40-26-27-47-46(33-40)56(48-25-12-13-28-52-48)45-24-15-29-53-50(45)58-47/h4-33H,34H2,1-3H3. The van der Waals surface area contributed by atoms with Crippen molar-refractivity contribution in [3.63, 3.8) is 0 Å². The van der Waals surface area contributed by atoms with Crippen molar-refractivity contribution in [2.24, 2.45) is 0 Å². The van der Waals surface area contributed by atoms with Crippen LogP contribution in [0, 0.1) is 0 Å². The van der Waals surface area contributed by atoms with Crippen molar-refractivity contribution in [3.05, 3.63) is 188 Å². The first-order chi connectivity index (χ1) is 28.4. The minimum Gasteiger partial charge on any atom is -0.0622 e. The molecular formula is C51H41N5OTe. The van der Waals surface area contributed by atoms with E-state index < -0.39 is 20.9 Å². The van der Waals surface area contributed by atoms with Gasteiger partial charge >= 0.3 is 219 Å². The van der Waals surface area contributed by atoms with Gasteiger partial charge in [-0.1, -0.05) is 87.5 Å². The third kappa shape index (κ3) is 6.67. The molecule has 2 aromatic heterocycles. The molecule has 0 saturated heterocycles. The quantitative estimate of drug-likeness (QED) is 0.149. The van der Waals surface area contributed by atoms with Crippen LogP contribution in [0.15, 0.2) is 182 Å². The molecule has 0 aliphatic carbocycles. The van der Waals surface area contributed by atoms with E-state index in [9.17, 15) is 0 Å². The maximum atomic E-state index is 6.73. The number of aromatic nitrogens is 2. The molecule has 2 aliphatic rings. The van der Waals surface area contributed by atoms with Gasteiger partial charge in [0.25, 0.3) is 0 Å². The molecule has 0 spiro atoms. The summed E-state index contributed by atoms with van der Waals surface area (Å²) in [7, 11) is 0. The minimum atomic E-state index is -0.689. The number of nitrogens with zero attached hydrogens (tertiary/aromatic N) is 5. The van der Waals surface area contributed by atoms with Gasteiger partial charge in [0.1, 0.15) is 0 Å². The molecule has 0 radical (unpaired) electrons. The summed E-state index contributed by atoms with van der Waals surface area (Å²) in [6.07, 6.45) is 3.73. The maximum Gasteiger partial charge on any atom is 0.00638 e. The van der Waals surface area contributed by atoms with Crippen LogP contribution in [0.1, 0.15) is 26.3 Å². The Bertz CT molecular complexity index is 2710. The molecule has 0 unspecified atom stereocenters. The predicted molar refractivity (Wildman–Crippen MR) is 240 cm³/mol. The third-order valence-electron chi connectivity index (χ3n) is 10.8. The van der Waals surface area contributed by atoms with E-state index in [-0.39, 0.29) is 5.41 Å². The maximum absolute atomic E-state index is 6.73. The molecule has 6 aromatic carbocycles. The fraction of sp³-hybridized carbons (Fsp3) is 0.0980. The van der Waals surface area contributed by atoms with Gasteiger partial charge in [-0.3, -0.25) is 0 Å². The fourth-order valence-corrected chi connectivity index (χ4v) is 10.7. The molecule has 0 fully saturated rings. The number of ether oxygens (including phenoxy) is 1. The summed E-state index contributed by atoms with van der Waals surface area (Å²) < 4.78 is 9.19. The molecule has 8 aromatic rings. The monoisotopic (exact) mass is 869 g/mol. The molecule has 2 aliphatic heterocycles. The third-order valence-corrected chi connectivity index (χ3v) is 13.8. The van der Waals surface area contributed by atoms with Crippen LogP contribution >= 0.6 is 0 Å². The summed E-state index contributed by atoms with van der Waals surface area (Å²) in [5.41, 5.74) is 12.8. The van der Waals surface area contributed by atoms with Crippen LogP contribution in [0.4, 0.5) is 39.9 Å². The SMILES string of the molecule is CC(C)(C)c1cc(-c2ccccc2)c(N2CN(c3cccc(Oc4ccc5c(c4)N(c4ccccn4)c4cccnc4[Te]5)c3)c3ccccc32)c(-c2ccccc2)c1. The molecule has 0 N–H and O–H groups in total. The Kier molecular flexibility index (Phi) is 9.21. The Morgan fingerprint density at radius 1 is 0.534 bits per heavy atom. The summed E-state index contributed by atoms with van der Waals surface area (Å²) in [6.45, 7) is 7.53. The molecular weight excluding hydrogens is 826 g/mol. The predicted octanol–water partition coefficient (Wildman–Crippen LogP) is 11.6. The average molecular weight is 868 g/mol. The van der Waals surface area contributed by atoms with Crippen molar-refractivity contribution in [2.75, 3.05) is 21.4 Å². The van der Waals surface area contributed by atoms with Crippen molar-refractivity contribution in [3.8, 4) is 33.8 Å². The first-order valence-corrected chi connectivity index (χ1v) is 21.9. The Balaban J connectivity index is 1.04. The van der Waals surface area contributed by atoms with Crippen LogP contribution in [-0.2, 0) is 5.41 Å². The summed E-state index contributed by atoms with van der Waals surface area (Å²) >= 11 is -0.689. The second-order valence-corrected chi connectivity index (χ2v) is 18.5. The van der Waals surface area contributed by atoms with Gasteiger partial charge in [-0.25, -0.2) is 0 Å². The van der Waals surface area contributed by atoms with Crippen LogP contribution in [0.3, 0.4) is 0 Å². The van der Waals surface area contributed by atoms with Crippen LogP contribution in [0.2, 0.25) is 0 Å². The van der Waals surface area contributed by atoms with E-state index in [2.05, 4.69) is 175 Å². The summed E-state index contributed by atoms with van der Waals surface area (Å²) in [6, 6.07) is 60.3.